The van der Waals surface area contributed by atoms with Crippen LogP contribution in [0.1, 0.15) is 46.2 Å². The topological polar surface area (TPSA) is 53.1 Å². The van der Waals surface area contributed by atoms with Gasteiger partial charge in [0, 0.05) is 19.3 Å². The van der Waals surface area contributed by atoms with Crippen LogP contribution in [0.15, 0.2) is 12.5 Å². The molecule has 0 aliphatic heterocycles. The van der Waals surface area contributed by atoms with E-state index in [2.05, 4.69) is 23.4 Å². The maximum atomic E-state index is 6.09. The Hall–Kier alpha value is -0.870. The minimum Gasteiger partial charge on any atom is -0.379 e. The predicted octanol–water partition coefficient (Wildman–Crippen LogP) is 2.28. The van der Waals surface area contributed by atoms with Crippen LogP contribution < -0.4 is 5.73 Å². The van der Waals surface area contributed by atoms with E-state index in [4.69, 9.17) is 10.5 Å². The summed E-state index contributed by atoms with van der Waals surface area (Å²) in [6, 6.07) is 0. The summed E-state index contributed by atoms with van der Waals surface area (Å²) in [5.41, 5.74) is 6.84. The number of imidazole rings is 1. The van der Waals surface area contributed by atoms with E-state index in [-0.39, 0.29) is 5.54 Å². The first-order valence-corrected chi connectivity index (χ1v) is 6.32. The fourth-order valence-corrected chi connectivity index (χ4v) is 1.74. The zero-order chi connectivity index (χ0) is 12.9. The number of nitrogens with two attached hydrogens (primary N) is 1. The number of unbranched alkanes of at least 4 members (excludes halogenated alkanes) is 1. The van der Waals surface area contributed by atoms with Crippen molar-refractivity contribution in [3.63, 3.8) is 0 Å². The summed E-state index contributed by atoms with van der Waals surface area (Å²) >= 11 is 0. The van der Waals surface area contributed by atoms with Gasteiger partial charge < -0.3 is 15.0 Å². The fraction of sp³-hybridized carbons (Fsp3) is 0.769. The first kappa shape index (κ1) is 14.2. The average Bonchev–Trinajstić information content (AvgIpc) is 2.64. The summed E-state index contributed by atoms with van der Waals surface area (Å²) in [7, 11) is 0. The molecule has 0 atom stereocenters. The highest BCUT2D eigenvalue weighted by molar-refractivity contribution is 5.09. The third-order valence-corrected chi connectivity index (χ3v) is 2.62. The van der Waals surface area contributed by atoms with Crippen molar-refractivity contribution in [1.82, 2.24) is 9.55 Å². The van der Waals surface area contributed by atoms with E-state index in [1.165, 1.54) is 0 Å². The van der Waals surface area contributed by atoms with Gasteiger partial charge in [-0.2, -0.15) is 0 Å². The van der Waals surface area contributed by atoms with Gasteiger partial charge >= 0.3 is 0 Å². The Labute approximate surface area is 104 Å². The van der Waals surface area contributed by atoms with Gasteiger partial charge in [0.05, 0.1) is 23.7 Å². The van der Waals surface area contributed by atoms with Crippen molar-refractivity contribution in [2.24, 2.45) is 5.73 Å². The monoisotopic (exact) mass is 239 g/mol. The second-order valence-electron chi connectivity index (χ2n) is 5.32. The summed E-state index contributed by atoms with van der Waals surface area (Å²) in [6.45, 7) is 9.91. The summed E-state index contributed by atoms with van der Waals surface area (Å²) in [5.74, 6) is 0. The number of rotatable bonds is 7. The number of ether oxygens (including phenoxy) is 1. The van der Waals surface area contributed by atoms with Crippen LogP contribution in [-0.4, -0.2) is 22.3 Å². The Balaban J connectivity index is 2.35. The minimum atomic E-state index is -0.328. The maximum absolute atomic E-state index is 6.09. The molecule has 0 aliphatic carbocycles. The highest BCUT2D eigenvalue weighted by atomic mass is 16.5. The third-order valence-electron chi connectivity index (χ3n) is 2.62. The molecule has 1 heterocycles. The van der Waals surface area contributed by atoms with Crippen LogP contribution in [-0.2, 0) is 16.8 Å². The van der Waals surface area contributed by atoms with Gasteiger partial charge in [-0.25, -0.2) is 4.98 Å². The Morgan fingerprint density at radius 1 is 1.41 bits per heavy atom. The number of nitrogens with zero attached hydrogens (tertiary/aromatic N) is 2. The quantitative estimate of drug-likeness (QED) is 0.743. The molecule has 0 unspecified atom stereocenters. The van der Waals surface area contributed by atoms with Crippen molar-refractivity contribution < 1.29 is 4.74 Å². The van der Waals surface area contributed by atoms with Crippen LogP contribution in [0.2, 0.25) is 0 Å². The van der Waals surface area contributed by atoms with Gasteiger partial charge in [-0.1, -0.05) is 0 Å². The molecule has 1 aromatic rings. The van der Waals surface area contributed by atoms with Gasteiger partial charge in [-0.05, 0) is 40.5 Å². The Kier molecular flexibility index (Phi) is 5.15. The molecule has 0 amide bonds. The third kappa shape index (κ3) is 4.88. The van der Waals surface area contributed by atoms with Crippen LogP contribution in [0.25, 0.3) is 0 Å². The molecular formula is C13H25N3O. The molecule has 0 aromatic carbocycles. The van der Waals surface area contributed by atoms with Crippen LogP contribution in [0.3, 0.4) is 0 Å². The second kappa shape index (κ2) is 6.17. The minimum absolute atomic E-state index is 0.321. The van der Waals surface area contributed by atoms with E-state index in [9.17, 15) is 0 Å². The number of hydrogen-bond donors (Lipinski definition) is 1. The molecule has 2 N–H and O–H groups in total. The number of aromatic nitrogens is 2. The molecule has 0 saturated carbocycles. The first-order valence-electron chi connectivity index (χ1n) is 6.32. The van der Waals surface area contributed by atoms with Crippen molar-refractivity contribution in [3.8, 4) is 0 Å². The molecule has 4 nitrogen and oxygen atoms in total. The molecule has 0 bridgehead atoms. The standard InChI is InChI=1S/C13H25N3O/c1-11(2)17-8-6-5-7-16-10-15-9-12(16)13(3,4)14/h9-11H,5-8,14H2,1-4H3. The van der Waals surface area contributed by atoms with Crippen molar-refractivity contribution in [2.75, 3.05) is 6.61 Å². The van der Waals surface area contributed by atoms with E-state index in [1.807, 2.05) is 26.4 Å². The summed E-state index contributed by atoms with van der Waals surface area (Å²) in [5, 5.41) is 0. The van der Waals surface area contributed by atoms with E-state index in [1.54, 1.807) is 0 Å². The van der Waals surface area contributed by atoms with Gasteiger partial charge in [0.25, 0.3) is 0 Å². The van der Waals surface area contributed by atoms with Gasteiger partial charge in [-0.15, -0.1) is 0 Å². The lowest BCUT2D eigenvalue weighted by Gasteiger charge is -2.20. The molecule has 1 rings (SSSR count). The Morgan fingerprint density at radius 3 is 2.71 bits per heavy atom. The molecule has 0 radical (unpaired) electrons. The van der Waals surface area contributed by atoms with Gasteiger partial charge in [-0.3, -0.25) is 0 Å². The van der Waals surface area contributed by atoms with Crippen LogP contribution in [0, 0.1) is 0 Å². The smallest absolute Gasteiger partial charge is 0.0948 e. The van der Waals surface area contributed by atoms with Crippen molar-refractivity contribution in [2.45, 2.75) is 58.7 Å². The summed E-state index contributed by atoms with van der Waals surface area (Å²) < 4.78 is 7.64. The molecule has 0 fully saturated rings. The lowest BCUT2D eigenvalue weighted by atomic mass is 10.0. The normalized spacial score (nSPS) is 12.4. The zero-order valence-corrected chi connectivity index (χ0v) is 11.4. The number of hydrogen-bond acceptors (Lipinski definition) is 3. The van der Waals surface area contributed by atoms with Crippen molar-refractivity contribution >= 4 is 0 Å². The average molecular weight is 239 g/mol. The lowest BCUT2D eigenvalue weighted by Crippen LogP contribution is -2.31. The predicted molar refractivity (Wildman–Crippen MR) is 69.8 cm³/mol. The van der Waals surface area contributed by atoms with Crippen LogP contribution in [0.4, 0.5) is 0 Å². The zero-order valence-electron chi connectivity index (χ0n) is 11.4. The molecule has 1 aromatic heterocycles. The Bertz CT molecular complexity index is 326. The molecule has 0 aliphatic rings. The highest BCUT2D eigenvalue weighted by Crippen LogP contribution is 2.16. The lowest BCUT2D eigenvalue weighted by molar-refractivity contribution is 0.0754. The van der Waals surface area contributed by atoms with E-state index < -0.39 is 0 Å². The molecular weight excluding hydrogens is 214 g/mol. The molecule has 98 valence electrons. The van der Waals surface area contributed by atoms with Gasteiger partial charge in [0.1, 0.15) is 0 Å². The summed E-state index contributed by atoms with van der Waals surface area (Å²) in [6.07, 6.45) is 6.19. The van der Waals surface area contributed by atoms with Crippen molar-refractivity contribution in [3.05, 3.63) is 18.2 Å². The molecule has 4 heteroatoms. The Morgan fingerprint density at radius 2 is 2.12 bits per heavy atom. The van der Waals surface area contributed by atoms with E-state index in [0.717, 1.165) is 31.7 Å². The highest BCUT2D eigenvalue weighted by Gasteiger charge is 2.18. The van der Waals surface area contributed by atoms with E-state index >= 15 is 0 Å². The van der Waals surface area contributed by atoms with Gasteiger partial charge in [0.2, 0.25) is 0 Å². The molecule has 0 spiro atoms. The second-order valence-corrected chi connectivity index (χ2v) is 5.32. The number of aryl methyl sites for hydroxylation is 1. The summed E-state index contributed by atoms with van der Waals surface area (Å²) in [4.78, 5) is 4.17. The van der Waals surface area contributed by atoms with Crippen LogP contribution in [0.5, 0.6) is 0 Å². The first-order chi connectivity index (χ1) is 7.91. The molecule has 0 saturated heterocycles. The maximum Gasteiger partial charge on any atom is 0.0948 e. The van der Waals surface area contributed by atoms with Crippen LogP contribution >= 0.6 is 0 Å². The SMILES string of the molecule is CC(C)OCCCCn1cncc1C(C)(C)N. The van der Waals surface area contributed by atoms with E-state index in [0.29, 0.717) is 6.10 Å². The van der Waals surface area contributed by atoms with Crippen molar-refractivity contribution in [1.29, 1.82) is 0 Å². The van der Waals surface area contributed by atoms with Gasteiger partial charge in [0.15, 0.2) is 0 Å². The fourth-order valence-electron chi connectivity index (χ4n) is 1.74. The largest absolute Gasteiger partial charge is 0.379 e. The molecule has 17 heavy (non-hydrogen) atoms.